The molecule has 2 aromatic carbocycles. The van der Waals surface area contributed by atoms with E-state index in [0.717, 1.165) is 54.7 Å². The van der Waals surface area contributed by atoms with Gasteiger partial charge in [0.2, 0.25) is 5.91 Å². The molecule has 3 rings (SSSR count). The molecule has 2 atom stereocenters. The van der Waals surface area contributed by atoms with Crippen LogP contribution in [0.25, 0.3) is 11.1 Å². The van der Waals surface area contributed by atoms with Crippen molar-refractivity contribution >= 4 is 5.91 Å². The predicted molar refractivity (Wildman–Crippen MR) is 122 cm³/mol. The zero-order valence-electron chi connectivity index (χ0n) is 18.4. The molecule has 1 aliphatic rings. The quantitative estimate of drug-likeness (QED) is 0.406. The van der Waals surface area contributed by atoms with Gasteiger partial charge in [0.25, 0.3) is 0 Å². The monoisotopic (exact) mass is 425 g/mol. The van der Waals surface area contributed by atoms with E-state index in [2.05, 4.69) is 24.4 Å². The number of halogens is 1. The van der Waals surface area contributed by atoms with Crippen molar-refractivity contribution in [1.82, 2.24) is 5.32 Å². The summed E-state index contributed by atoms with van der Waals surface area (Å²) in [6.45, 7) is 4.99. The molecule has 1 aliphatic carbocycles. The molecule has 0 fully saturated rings. The maximum Gasteiger partial charge on any atom is 0.216 e. The third kappa shape index (κ3) is 7.21. The van der Waals surface area contributed by atoms with E-state index < -0.39 is 0 Å². The van der Waals surface area contributed by atoms with Crippen LogP contribution >= 0.6 is 0 Å². The van der Waals surface area contributed by atoms with Crippen LogP contribution in [0.1, 0.15) is 45.1 Å². The highest BCUT2D eigenvalue weighted by molar-refractivity contribution is 5.73. The molecular formula is C26H32FNO3. The fraction of sp³-hybridized carbons (Fsp3) is 0.423. The van der Waals surface area contributed by atoms with Gasteiger partial charge in [0, 0.05) is 20.1 Å². The first kappa shape index (κ1) is 23.0. The first-order valence-corrected chi connectivity index (χ1v) is 11.1. The lowest BCUT2D eigenvalue weighted by molar-refractivity contribution is -0.118. The Morgan fingerprint density at radius 1 is 1.13 bits per heavy atom. The minimum Gasteiger partial charge on any atom is -0.486 e. The third-order valence-corrected chi connectivity index (χ3v) is 5.38. The van der Waals surface area contributed by atoms with Crippen molar-refractivity contribution < 1.29 is 18.7 Å². The summed E-state index contributed by atoms with van der Waals surface area (Å²) < 4.78 is 25.9. The van der Waals surface area contributed by atoms with Crippen LogP contribution in [-0.4, -0.2) is 31.3 Å². The molecule has 0 bridgehead atoms. The second-order valence-electron chi connectivity index (χ2n) is 7.94. The molecule has 0 spiro atoms. The normalized spacial score (nSPS) is 18.0. The molecule has 2 unspecified atom stereocenters. The number of rotatable bonds is 10. The summed E-state index contributed by atoms with van der Waals surface area (Å²) in [6.07, 6.45) is 9.06. The van der Waals surface area contributed by atoms with Crippen LogP contribution < -0.4 is 10.1 Å². The Hall–Kier alpha value is -2.66. The molecule has 0 radical (unpaired) electrons. The van der Waals surface area contributed by atoms with Gasteiger partial charge in [-0.05, 0) is 72.7 Å². The van der Waals surface area contributed by atoms with Crippen LogP contribution in [0.4, 0.5) is 4.39 Å². The topological polar surface area (TPSA) is 47.6 Å². The zero-order chi connectivity index (χ0) is 22.1. The van der Waals surface area contributed by atoms with Crippen molar-refractivity contribution in [3.05, 3.63) is 66.0 Å². The Balaban J connectivity index is 1.72. The predicted octanol–water partition coefficient (Wildman–Crippen LogP) is 5.45. The largest absolute Gasteiger partial charge is 0.486 e. The number of carbonyl (C=O) groups is 1. The Morgan fingerprint density at radius 3 is 2.65 bits per heavy atom. The van der Waals surface area contributed by atoms with Gasteiger partial charge in [-0.25, -0.2) is 4.39 Å². The molecule has 4 nitrogen and oxygen atoms in total. The fourth-order valence-electron chi connectivity index (χ4n) is 3.70. The van der Waals surface area contributed by atoms with Gasteiger partial charge in [-0.3, -0.25) is 4.79 Å². The summed E-state index contributed by atoms with van der Waals surface area (Å²) >= 11 is 0. The molecular weight excluding hydrogens is 393 g/mol. The Labute approximate surface area is 184 Å². The van der Waals surface area contributed by atoms with Gasteiger partial charge in [0.05, 0.1) is 6.10 Å². The number of carbonyl (C=O) groups excluding carboxylic acids is 1. The van der Waals surface area contributed by atoms with Gasteiger partial charge >= 0.3 is 0 Å². The molecule has 0 heterocycles. The lowest BCUT2D eigenvalue weighted by Crippen LogP contribution is -2.24. The van der Waals surface area contributed by atoms with E-state index in [0.29, 0.717) is 13.0 Å². The van der Waals surface area contributed by atoms with E-state index in [1.807, 2.05) is 24.3 Å². The van der Waals surface area contributed by atoms with Crippen LogP contribution in [0.3, 0.4) is 0 Å². The van der Waals surface area contributed by atoms with Crippen LogP contribution in [0, 0.1) is 5.82 Å². The van der Waals surface area contributed by atoms with Gasteiger partial charge in [-0.15, -0.1) is 0 Å². The maximum absolute atomic E-state index is 13.9. The number of amides is 1. The van der Waals surface area contributed by atoms with Crippen molar-refractivity contribution in [2.45, 2.75) is 58.2 Å². The summed E-state index contributed by atoms with van der Waals surface area (Å²) in [5, 5.41) is 2.82. The summed E-state index contributed by atoms with van der Waals surface area (Å²) in [4.78, 5) is 11.2. The average molecular weight is 426 g/mol. The minimum atomic E-state index is -0.277. The standard InChI is InChI=1S/C26H32FNO3/c1-3-4-16-30-23-10-12-24(13-11-23)31-25-9-8-20(14-15-28-19(2)29)26(18-25)21-6-5-7-22(27)17-21/h5-10,12,17-18,23-24H,3-4,11,13-16H2,1-2H3,(H,28,29). The Kier molecular flexibility index (Phi) is 8.65. The van der Waals surface area contributed by atoms with E-state index in [1.54, 1.807) is 6.07 Å². The van der Waals surface area contributed by atoms with Crippen LogP contribution in [0.2, 0.25) is 0 Å². The number of hydrogen-bond acceptors (Lipinski definition) is 3. The van der Waals surface area contributed by atoms with Crippen molar-refractivity contribution in [2.75, 3.05) is 13.2 Å². The molecule has 5 heteroatoms. The summed E-state index contributed by atoms with van der Waals surface area (Å²) in [5.74, 6) is 0.414. The van der Waals surface area contributed by atoms with Crippen LogP contribution in [0.5, 0.6) is 5.75 Å². The SMILES string of the molecule is CCCCOC1C=CC(Oc2ccc(CCNC(C)=O)c(-c3cccc(F)c3)c2)CC1. The van der Waals surface area contributed by atoms with Crippen LogP contribution in [0.15, 0.2) is 54.6 Å². The van der Waals surface area contributed by atoms with Gasteiger partial charge < -0.3 is 14.8 Å². The lowest BCUT2D eigenvalue weighted by atomic mass is 9.97. The third-order valence-electron chi connectivity index (χ3n) is 5.38. The van der Waals surface area contributed by atoms with E-state index in [9.17, 15) is 9.18 Å². The molecule has 0 saturated heterocycles. The lowest BCUT2D eigenvalue weighted by Gasteiger charge is -2.24. The highest BCUT2D eigenvalue weighted by Gasteiger charge is 2.18. The van der Waals surface area contributed by atoms with Crippen molar-refractivity contribution in [1.29, 1.82) is 0 Å². The fourth-order valence-corrected chi connectivity index (χ4v) is 3.70. The summed E-state index contributed by atoms with van der Waals surface area (Å²) in [6, 6.07) is 12.5. The van der Waals surface area contributed by atoms with Crippen molar-refractivity contribution in [3.63, 3.8) is 0 Å². The first-order valence-electron chi connectivity index (χ1n) is 11.1. The van der Waals surface area contributed by atoms with E-state index in [4.69, 9.17) is 9.47 Å². The van der Waals surface area contributed by atoms with E-state index in [1.165, 1.54) is 19.1 Å². The van der Waals surface area contributed by atoms with E-state index >= 15 is 0 Å². The summed E-state index contributed by atoms with van der Waals surface area (Å²) in [5.41, 5.74) is 2.75. The number of benzene rings is 2. The second kappa shape index (κ2) is 11.7. The molecule has 2 aromatic rings. The smallest absolute Gasteiger partial charge is 0.216 e. The van der Waals surface area contributed by atoms with Gasteiger partial charge in [-0.2, -0.15) is 0 Å². The molecule has 1 amide bonds. The van der Waals surface area contributed by atoms with Crippen molar-refractivity contribution in [3.8, 4) is 16.9 Å². The highest BCUT2D eigenvalue weighted by Crippen LogP contribution is 2.30. The Bertz CT molecular complexity index is 896. The van der Waals surface area contributed by atoms with Gasteiger partial charge in [-0.1, -0.05) is 37.6 Å². The zero-order valence-corrected chi connectivity index (χ0v) is 18.4. The molecule has 0 saturated carbocycles. The highest BCUT2D eigenvalue weighted by atomic mass is 19.1. The molecule has 0 aromatic heterocycles. The summed E-state index contributed by atoms with van der Waals surface area (Å²) in [7, 11) is 0. The van der Waals surface area contributed by atoms with Crippen molar-refractivity contribution in [2.24, 2.45) is 0 Å². The van der Waals surface area contributed by atoms with E-state index in [-0.39, 0.29) is 23.9 Å². The van der Waals surface area contributed by atoms with Gasteiger partial charge in [0.1, 0.15) is 17.7 Å². The maximum atomic E-state index is 13.9. The van der Waals surface area contributed by atoms with Gasteiger partial charge in [0.15, 0.2) is 0 Å². The molecule has 0 aliphatic heterocycles. The molecule has 1 N–H and O–H groups in total. The average Bonchev–Trinajstić information content (AvgIpc) is 2.76. The number of ether oxygens (including phenoxy) is 2. The number of unbranched alkanes of at least 4 members (excludes halogenated alkanes) is 1. The second-order valence-corrected chi connectivity index (χ2v) is 7.94. The van der Waals surface area contributed by atoms with Crippen LogP contribution in [-0.2, 0) is 16.0 Å². The first-order chi connectivity index (χ1) is 15.0. The number of hydrogen-bond donors (Lipinski definition) is 1. The molecule has 31 heavy (non-hydrogen) atoms. The Morgan fingerprint density at radius 2 is 1.94 bits per heavy atom. The minimum absolute atomic E-state index is 0.00314. The number of nitrogens with one attached hydrogen (secondary N) is 1. The molecule has 166 valence electrons.